The van der Waals surface area contributed by atoms with E-state index >= 15 is 0 Å². The zero-order valence-corrected chi connectivity index (χ0v) is 12.4. The Balaban J connectivity index is 1.81. The van der Waals surface area contributed by atoms with Crippen LogP contribution in [0.3, 0.4) is 0 Å². The number of carbonyl (C=O) groups excluding carboxylic acids is 1. The Morgan fingerprint density at radius 2 is 2.33 bits per heavy atom. The minimum Gasteiger partial charge on any atom is -0.350 e. The predicted octanol–water partition coefficient (Wildman–Crippen LogP) is 2.54. The van der Waals surface area contributed by atoms with Crippen LogP contribution in [0.2, 0.25) is 0 Å². The van der Waals surface area contributed by atoms with Gasteiger partial charge in [-0.25, -0.2) is 4.98 Å². The highest BCUT2D eigenvalue weighted by Gasteiger charge is 2.13. The van der Waals surface area contributed by atoms with Gasteiger partial charge in [0.05, 0.1) is 18.0 Å². The number of aromatic nitrogens is 2. The molecular formula is C12H17N3OS2. The molecule has 0 radical (unpaired) electrons. The summed E-state index contributed by atoms with van der Waals surface area (Å²) < 4.78 is 2.09. The van der Waals surface area contributed by atoms with Gasteiger partial charge in [-0.3, -0.25) is 9.20 Å². The smallest absolute Gasteiger partial charge is 0.230 e. The van der Waals surface area contributed by atoms with E-state index in [-0.39, 0.29) is 10.7 Å². The number of amides is 1. The van der Waals surface area contributed by atoms with Gasteiger partial charge in [-0.1, -0.05) is 20.8 Å². The van der Waals surface area contributed by atoms with E-state index < -0.39 is 0 Å². The first-order chi connectivity index (χ1) is 8.44. The highest BCUT2D eigenvalue weighted by atomic mass is 32.2. The fourth-order valence-electron chi connectivity index (χ4n) is 1.38. The van der Waals surface area contributed by atoms with Crippen LogP contribution in [0.15, 0.2) is 17.8 Å². The lowest BCUT2D eigenvalue weighted by molar-refractivity contribution is -0.118. The van der Waals surface area contributed by atoms with Crippen LogP contribution >= 0.6 is 23.1 Å². The van der Waals surface area contributed by atoms with Gasteiger partial charge in [-0.15, -0.1) is 23.1 Å². The molecule has 1 N–H and O–H groups in total. The van der Waals surface area contributed by atoms with Crippen LogP contribution in [0.5, 0.6) is 0 Å². The first-order valence-corrected chi connectivity index (χ1v) is 7.62. The third kappa shape index (κ3) is 3.74. The van der Waals surface area contributed by atoms with Crippen molar-refractivity contribution < 1.29 is 4.79 Å². The molecule has 0 aliphatic heterocycles. The van der Waals surface area contributed by atoms with Gasteiger partial charge in [0, 0.05) is 22.5 Å². The minimum absolute atomic E-state index is 0.0614. The number of fused-ring (bicyclic) bond motifs is 1. The molecule has 0 aliphatic rings. The summed E-state index contributed by atoms with van der Waals surface area (Å²) in [4.78, 5) is 17.0. The molecule has 0 aliphatic carbocycles. The summed E-state index contributed by atoms with van der Waals surface area (Å²) in [5.41, 5.74) is 0.899. The molecule has 0 aromatic carbocycles. The van der Waals surface area contributed by atoms with E-state index in [9.17, 15) is 4.79 Å². The largest absolute Gasteiger partial charge is 0.350 e. The normalized spacial score (nSPS) is 11.9. The lowest BCUT2D eigenvalue weighted by Gasteiger charge is -2.16. The summed E-state index contributed by atoms with van der Waals surface area (Å²) in [6, 6.07) is 0. The Kier molecular flexibility index (Phi) is 3.97. The molecule has 18 heavy (non-hydrogen) atoms. The molecule has 6 heteroatoms. The van der Waals surface area contributed by atoms with Crippen molar-refractivity contribution in [3.63, 3.8) is 0 Å². The highest BCUT2D eigenvalue weighted by Crippen LogP contribution is 2.22. The number of carbonyl (C=O) groups is 1. The average molecular weight is 283 g/mol. The van der Waals surface area contributed by atoms with Crippen molar-refractivity contribution in [2.24, 2.45) is 0 Å². The topological polar surface area (TPSA) is 46.4 Å². The molecule has 0 bridgehead atoms. The maximum Gasteiger partial charge on any atom is 0.230 e. The quantitative estimate of drug-likeness (QED) is 0.938. The van der Waals surface area contributed by atoms with E-state index in [1.807, 2.05) is 22.2 Å². The summed E-state index contributed by atoms with van der Waals surface area (Å²) in [5, 5.41) is 4.88. The van der Waals surface area contributed by atoms with E-state index in [4.69, 9.17) is 0 Å². The molecule has 0 saturated heterocycles. The maximum absolute atomic E-state index is 11.7. The van der Waals surface area contributed by atoms with Crippen molar-refractivity contribution in [1.29, 1.82) is 0 Å². The van der Waals surface area contributed by atoms with Crippen molar-refractivity contribution in [2.45, 2.75) is 32.1 Å². The summed E-state index contributed by atoms with van der Waals surface area (Å²) >= 11 is 3.24. The number of imidazole rings is 1. The second-order valence-corrected chi connectivity index (χ2v) is 7.68. The number of hydrogen-bond donors (Lipinski definition) is 1. The van der Waals surface area contributed by atoms with Crippen molar-refractivity contribution in [2.75, 3.05) is 5.75 Å². The molecule has 4 nitrogen and oxygen atoms in total. The third-order valence-corrected chi connectivity index (χ3v) is 4.29. The molecule has 2 rings (SSSR count). The van der Waals surface area contributed by atoms with Crippen LogP contribution in [-0.2, 0) is 11.3 Å². The highest BCUT2D eigenvalue weighted by molar-refractivity contribution is 8.01. The van der Waals surface area contributed by atoms with E-state index in [0.29, 0.717) is 12.3 Å². The van der Waals surface area contributed by atoms with Crippen LogP contribution in [0.4, 0.5) is 0 Å². The van der Waals surface area contributed by atoms with Gasteiger partial charge < -0.3 is 5.32 Å². The molecule has 98 valence electrons. The lowest BCUT2D eigenvalue weighted by atomic mass is 10.3. The van der Waals surface area contributed by atoms with Crippen LogP contribution < -0.4 is 5.32 Å². The Labute approximate surface area is 115 Å². The van der Waals surface area contributed by atoms with Crippen molar-refractivity contribution in [3.05, 3.63) is 23.5 Å². The monoisotopic (exact) mass is 283 g/mol. The van der Waals surface area contributed by atoms with Gasteiger partial charge in [0.1, 0.15) is 0 Å². The molecular weight excluding hydrogens is 266 g/mol. The third-order valence-electron chi connectivity index (χ3n) is 2.25. The maximum atomic E-state index is 11.7. The molecule has 0 saturated carbocycles. The van der Waals surface area contributed by atoms with E-state index in [2.05, 4.69) is 31.1 Å². The first-order valence-electron chi connectivity index (χ1n) is 5.76. The zero-order valence-electron chi connectivity index (χ0n) is 10.8. The molecule has 1 amide bonds. The van der Waals surface area contributed by atoms with Gasteiger partial charge in [-0.05, 0) is 0 Å². The van der Waals surface area contributed by atoms with Crippen LogP contribution in [-0.4, -0.2) is 25.8 Å². The number of thioether (sulfide) groups is 1. The molecule has 2 aromatic heterocycles. The molecule has 2 aromatic rings. The van der Waals surface area contributed by atoms with Gasteiger partial charge in [-0.2, -0.15) is 0 Å². The molecule has 2 heterocycles. The standard InChI is InChI=1S/C12H17N3OS2/c1-12(2,3)18-8-10(16)13-6-9-7-15-4-5-17-11(15)14-9/h4-5,7H,6,8H2,1-3H3,(H,13,16). The Bertz CT molecular complexity index is 510. The van der Waals surface area contributed by atoms with Gasteiger partial charge >= 0.3 is 0 Å². The fraction of sp³-hybridized carbons (Fsp3) is 0.500. The number of nitrogens with zero attached hydrogens (tertiary/aromatic N) is 2. The number of rotatable bonds is 4. The van der Waals surface area contributed by atoms with Crippen LogP contribution in [0, 0.1) is 0 Å². The Morgan fingerprint density at radius 1 is 1.56 bits per heavy atom. The number of hydrogen-bond acceptors (Lipinski definition) is 4. The van der Waals surface area contributed by atoms with Crippen molar-refractivity contribution in [1.82, 2.24) is 14.7 Å². The van der Waals surface area contributed by atoms with Gasteiger partial charge in [0.15, 0.2) is 4.96 Å². The van der Waals surface area contributed by atoms with Crippen LogP contribution in [0.1, 0.15) is 26.5 Å². The minimum atomic E-state index is 0.0614. The fourth-order valence-corrected chi connectivity index (χ4v) is 2.77. The van der Waals surface area contributed by atoms with Gasteiger partial charge in [0.25, 0.3) is 0 Å². The van der Waals surface area contributed by atoms with E-state index in [0.717, 1.165) is 10.7 Å². The number of thiazole rings is 1. The van der Waals surface area contributed by atoms with E-state index in [1.54, 1.807) is 23.1 Å². The second kappa shape index (κ2) is 5.32. The number of nitrogens with one attached hydrogen (secondary N) is 1. The lowest BCUT2D eigenvalue weighted by Crippen LogP contribution is -2.26. The molecule has 0 spiro atoms. The van der Waals surface area contributed by atoms with Crippen molar-refractivity contribution >= 4 is 34.0 Å². The van der Waals surface area contributed by atoms with Gasteiger partial charge in [0.2, 0.25) is 5.91 Å². The summed E-state index contributed by atoms with van der Waals surface area (Å²) in [6.45, 7) is 6.81. The Hall–Kier alpha value is -1.01. The first kappa shape index (κ1) is 13.4. The van der Waals surface area contributed by atoms with Crippen LogP contribution in [0.25, 0.3) is 4.96 Å². The Morgan fingerprint density at radius 3 is 3.00 bits per heavy atom. The molecule has 0 fully saturated rings. The summed E-state index contributed by atoms with van der Waals surface area (Å²) in [5.74, 6) is 0.553. The summed E-state index contributed by atoms with van der Waals surface area (Å²) in [7, 11) is 0. The van der Waals surface area contributed by atoms with E-state index in [1.165, 1.54) is 0 Å². The second-order valence-electron chi connectivity index (χ2n) is 5.00. The van der Waals surface area contributed by atoms with Crippen molar-refractivity contribution in [3.8, 4) is 0 Å². The molecule has 0 atom stereocenters. The molecule has 0 unspecified atom stereocenters. The average Bonchev–Trinajstić information content (AvgIpc) is 2.82. The SMILES string of the molecule is CC(C)(C)SCC(=O)NCc1cn2ccsc2n1. The summed E-state index contributed by atoms with van der Waals surface area (Å²) in [6.07, 6.45) is 3.91. The predicted molar refractivity (Wildman–Crippen MR) is 77.1 cm³/mol. The zero-order chi connectivity index (χ0) is 13.2.